The highest BCUT2D eigenvalue weighted by molar-refractivity contribution is 5.82. The second-order valence-corrected chi connectivity index (χ2v) is 8.81. The van der Waals surface area contributed by atoms with Crippen LogP contribution in [0, 0.1) is 0 Å². The van der Waals surface area contributed by atoms with E-state index in [-0.39, 0.29) is 17.4 Å². The fourth-order valence-electron chi connectivity index (χ4n) is 4.94. The maximum Gasteiger partial charge on any atom is 0.237 e. The minimum atomic E-state index is -0.0842. The van der Waals surface area contributed by atoms with E-state index >= 15 is 0 Å². The first-order valence-electron chi connectivity index (χ1n) is 11.5. The highest BCUT2D eigenvalue weighted by Crippen LogP contribution is 2.35. The topological polar surface area (TPSA) is 50.8 Å². The number of rotatable bonds is 7. The van der Waals surface area contributed by atoms with Crippen LogP contribution < -0.4 is 10.1 Å². The molecule has 1 N–H and O–H groups in total. The summed E-state index contributed by atoms with van der Waals surface area (Å²) in [5.41, 5.74) is 2.43. The van der Waals surface area contributed by atoms with Gasteiger partial charge in [0, 0.05) is 31.7 Å². The molecule has 0 saturated carbocycles. The summed E-state index contributed by atoms with van der Waals surface area (Å²) < 4.78 is 11.0. The van der Waals surface area contributed by atoms with Crippen molar-refractivity contribution < 1.29 is 14.3 Å². The van der Waals surface area contributed by atoms with Gasteiger partial charge in [0.25, 0.3) is 0 Å². The summed E-state index contributed by atoms with van der Waals surface area (Å²) in [7, 11) is 1.69. The lowest BCUT2D eigenvalue weighted by atomic mass is 9.74. The third kappa shape index (κ3) is 5.28. The molecule has 4 rings (SSSR count). The molecule has 2 aliphatic heterocycles. The number of piperidine rings is 1. The van der Waals surface area contributed by atoms with Crippen LogP contribution in [0.3, 0.4) is 0 Å². The molecule has 2 heterocycles. The van der Waals surface area contributed by atoms with Crippen molar-refractivity contribution in [1.82, 2.24) is 10.2 Å². The number of benzene rings is 2. The Balaban J connectivity index is 1.45. The van der Waals surface area contributed by atoms with E-state index in [1.54, 1.807) is 7.11 Å². The molecule has 0 spiro atoms. The Morgan fingerprint density at radius 2 is 1.84 bits per heavy atom. The lowest BCUT2D eigenvalue weighted by Gasteiger charge is -2.39. The Hall–Kier alpha value is -2.37. The van der Waals surface area contributed by atoms with Crippen molar-refractivity contribution in [2.45, 2.75) is 50.1 Å². The zero-order chi connectivity index (χ0) is 21.5. The van der Waals surface area contributed by atoms with Crippen LogP contribution >= 0.6 is 0 Å². The first-order chi connectivity index (χ1) is 15.2. The van der Waals surface area contributed by atoms with Crippen molar-refractivity contribution in [2.75, 3.05) is 33.4 Å². The third-order valence-electron chi connectivity index (χ3n) is 6.90. The van der Waals surface area contributed by atoms with Gasteiger partial charge in [0.2, 0.25) is 5.91 Å². The Bertz CT molecular complexity index is 831. The monoisotopic (exact) mass is 422 g/mol. The molecule has 0 bridgehead atoms. The molecule has 166 valence electrons. The average molecular weight is 423 g/mol. The summed E-state index contributed by atoms with van der Waals surface area (Å²) in [6, 6.07) is 18.7. The first kappa shape index (κ1) is 21.8. The molecule has 2 saturated heterocycles. The maximum absolute atomic E-state index is 13.3. The molecule has 2 fully saturated rings. The molecule has 1 amide bonds. The number of carbonyl (C=O) groups excluding carboxylic acids is 1. The van der Waals surface area contributed by atoms with Gasteiger partial charge < -0.3 is 14.8 Å². The summed E-state index contributed by atoms with van der Waals surface area (Å²) in [6.45, 7) is 3.91. The fourth-order valence-corrected chi connectivity index (χ4v) is 4.94. The summed E-state index contributed by atoms with van der Waals surface area (Å²) in [6.07, 6.45) is 5.03. The number of hydrogen-bond donors (Lipinski definition) is 1. The Kier molecular flexibility index (Phi) is 7.25. The van der Waals surface area contributed by atoms with Crippen molar-refractivity contribution in [3.8, 4) is 5.75 Å². The van der Waals surface area contributed by atoms with Crippen molar-refractivity contribution in [3.05, 3.63) is 65.7 Å². The van der Waals surface area contributed by atoms with Gasteiger partial charge in [-0.05, 0) is 55.5 Å². The van der Waals surface area contributed by atoms with Gasteiger partial charge >= 0.3 is 0 Å². The molecule has 5 nitrogen and oxygen atoms in total. The van der Waals surface area contributed by atoms with E-state index in [0.29, 0.717) is 6.54 Å². The Morgan fingerprint density at radius 1 is 1.10 bits per heavy atom. The molecular weight excluding hydrogens is 388 g/mol. The molecule has 2 aromatic carbocycles. The molecule has 0 aromatic heterocycles. The number of hydrogen-bond acceptors (Lipinski definition) is 4. The quantitative estimate of drug-likeness (QED) is 0.735. The van der Waals surface area contributed by atoms with Gasteiger partial charge in [-0.1, -0.05) is 48.9 Å². The van der Waals surface area contributed by atoms with Crippen LogP contribution in [0.15, 0.2) is 54.6 Å². The standard InChI is InChI=1S/C26H34N2O3/c1-30-23-12-10-22(11-13-23)26(14-17-31-18-15-26)20-27-25(29)24-9-5-6-16-28(24)19-21-7-3-2-4-8-21/h2-4,7-8,10-13,24H,5-6,9,14-20H2,1H3,(H,27,29). The highest BCUT2D eigenvalue weighted by Gasteiger charge is 2.36. The summed E-state index contributed by atoms with van der Waals surface area (Å²) in [5.74, 6) is 1.02. The number of carbonyl (C=O) groups is 1. The SMILES string of the molecule is COc1ccc(C2(CNC(=O)C3CCCCN3Cc3ccccc3)CCOCC2)cc1. The number of methoxy groups -OCH3 is 1. The van der Waals surface area contributed by atoms with Gasteiger partial charge in [0.15, 0.2) is 0 Å². The van der Waals surface area contributed by atoms with Crippen molar-refractivity contribution in [2.24, 2.45) is 0 Å². The summed E-state index contributed by atoms with van der Waals surface area (Å²) >= 11 is 0. The lowest BCUT2D eigenvalue weighted by molar-refractivity contribution is -0.128. The fraction of sp³-hybridized carbons (Fsp3) is 0.500. The van der Waals surface area contributed by atoms with Gasteiger partial charge in [-0.15, -0.1) is 0 Å². The molecule has 31 heavy (non-hydrogen) atoms. The lowest BCUT2D eigenvalue weighted by Crippen LogP contribution is -2.52. The van der Waals surface area contributed by atoms with Crippen LogP contribution in [0.2, 0.25) is 0 Å². The number of ether oxygens (including phenoxy) is 2. The molecule has 2 aliphatic rings. The maximum atomic E-state index is 13.3. The van der Waals surface area contributed by atoms with Crippen LogP contribution in [0.5, 0.6) is 5.75 Å². The number of nitrogens with one attached hydrogen (secondary N) is 1. The second-order valence-electron chi connectivity index (χ2n) is 8.81. The summed E-state index contributed by atoms with van der Waals surface area (Å²) in [4.78, 5) is 15.7. The van der Waals surface area contributed by atoms with Gasteiger partial charge in [0.05, 0.1) is 13.2 Å². The molecule has 1 atom stereocenters. The predicted octanol–water partition coefficient (Wildman–Crippen LogP) is 3.91. The van der Waals surface area contributed by atoms with E-state index < -0.39 is 0 Å². The molecule has 0 radical (unpaired) electrons. The Labute approximate surface area is 185 Å². The normalized spacial score (nSPS) is 21.4. The minimum absolute atomic E-state index is 0.0540. The van der Waals surface area contributed by atoms with Crippen LogP contribution in [-0.4, -0.2) is 50.3 Å². The van der Waals surface area contributed by atoms with E-state index in [0.717, 1.165) is 64.2 Å². The summed E-state index contributed by atoms with van der Waals surface area (Å²) in [5, 5.41) is 3.34. The molecular formula is C26H34N2O3. The zero-order valence-electron chi connectivity index (χ0n) is 18.5. The molecule has 1 unspecified atom stereocenters. The van der Waals surface area contributed by atoms with E-state index in [4.69, 9.17) is 9.47 Å². The number of likely N-dealkylation sites (tertiary alicyclic amines) is 1. The largest absolute Gasteiger partial charge is 0.497 e. The minimum Gasteiger partial charge on any atom is -0.497 e. The van der Waals surface area contributed by atoms with Gasteiger partial charge in [-0.3, -0.25) is 9.69 Å². The van der Waals surface area contributed by atoms with Crippen molar-refractivity contribution >= 4 is 5.91 Å². The van der Waals surface area contributed by atoms with Crippen molar-refractivity contribution in [1.29, 1.82) is 0 Å². The van der Waals surface area contributed by atoms with Gasteiger partial charge in [-0.25, -0.2) is 0 Å². The average Bonchev–Trinajstić information content (AvgIpc) is 2.84. The first-order valence-corrected chi connectivity index (χ1v) is 11.5. The third-order valence-corrected chi connectivity index (χ3v) is 6.90. The number of amides is 1. The smallest absolute Gasteiger partial charge is 0.237 e. The zero-order valence-corrected chi connectivity index (χ0v) is 18.5. The van der Waals surface area contributed by atoms with Gasteiger partial charge in [-0.2, -0.15) is 0 Å². The highest BCUT2D eigenvalue weighted by atomic mass is 16.5. The van der Waals surface area contributed by atoms with E-state index in [1.165, 1.54) is 11.1 Å². The van der Waals surface area contributed by atoms with E-state index in [2.05, 4.69) is 46.6 Å². The van der Waals surface area contributed by atoms with Gasteiger partial charge in [0.1, 0.15) is 5.75 Å². The molecule has 0 aliphatic carbocycles. The van der Waals surface area contributed by atoms with E-state index in [1.807, 2.05) is 18.2 Å². The molecule has 5 heteroatoms. The van der Waals surface area contributed by atoms with Crippen LogP contribution in [0.25, 0.3) is 0 Å². The van der Waals surface area contributed by atoms with Crippen LogP contribution in [0.4, 0.5) is 0 Å². The second kappa shape index (κ2) is 10.3. The van der Waals surface area contributed by atoms with Crippen LogP contribution in [-0.2, 0) is 21.5 Å². The predicted molar refractivity (Wildman–Crippen MR) is 122 cm³/mol. The number of nitrogens with zero attached hydrogens (tertiary/aromatic N) is 1. The van der Waals surface area contributed by atoms with E-state index in [9.17, 15) is 4.79 Å². The Morgan fingerprint density at radius 3 is 2.55 bits per heavy atom. The van der Waals surface area contributed by atoms with Crippen LogP contribution in [0.1, 0.15) is 43.2 Å². The van der Waals surface area contributed by atoms with Crippen molar-refractivity contribution in [3.63, 3.8) is 0 Å². The molecule has 2 aromatic rings.